The number of hydrogen-bond acceptors (Lipinski definition) is 0. The highest BCUT2D eigenvalue weighted by molar-refractivity contribution is 6.35. The number of rotatable bonds is 5. The zero-order valence-electron chi connectivity index (χ0n) is 25.4. The van der Waals surface area contributed by atoms with E-state index < -0.39 is 0 Å². The molecule has 9 aromatic rings. The van der Waals surface area contributed by atoms with Crippen LogP contribution in [-0.2, 0) is 0 Å². The largest absolute Gasteiger partial charge is 0.0985 e. The maximum Gasteiger partial charge on any atom is -0.00201 e. The molecule has 0 radical (unpaired) electrons. The molecule has 0 aliphatic rings. The number of fused-ring (bicyclic) bond motifs is 3. The van der Waals surface area contributed by atoms with Crippen molar-refractivity contribution in [1.82, 2.24) is 0 Å². The molecule has 9 aromatic carbocycles. The van der Waals surface area contributed by atoms with Crippen LogP contribution < -0.4 is 0 Å². The molecular weight excluding hydrogens is 553 g/mol. The van der Waals surface area contributed by atoms with Crippen molar-refractivity contribution in [2.24, 2.45) is 0 Å². The van der Waals surface area contributed by atoms with E-state index in [1.54, 1.807) is 0 Å². The Balaban J connectivity index is 1.32. The van der Waals surface area contributed by atoms with E-state index in [-0.39, 0.29) is 0 Å². The predicted molar refractivity (Wildman–Crippen MR) is 202 cm³/mol. The van der Waals surface area contributed by atoms with Gasteiger partial charge >= 0.3 is 0 Å². The van der Waals surface area contributed by atoms with Gasteiger partial charge in [0.15, 0.2) is 0 Å². The number of hydrogen-bond donors (Lipinski definition) is 0. The lowest BCUT2D eigenvalue weighted by Crippen LogP contribution is -1.92. The molecule has 0 heteroatoms. The Hall–Kier alpha value is -5.98. The van der Waals surface area contributed by atoms with Crippen LogP contribution in [0.2, 0.25) is 0 Å². The van der Waals surface area contributed by atoms with E-state index in [9.17, 15) is 0 Å². The fourth-order valence-electron chi connectivity index (χ4n) is 7.68. The van der Waals surface area contributed by atoms with Crippen LogP contribution in [0.25, 0.3) is 99.4 Å². The quantitative estimate of drug-likeness (QED) is 0.140. The van der Waals surface area contributed by atoms with Gasteiger partial charge in [0.05, 0.1) is 0 Å². The van der Waals surface area contributed by atoms with Crippen molar-refractivity contribution >= 4 is 66.0 Å². The van der Waals surface area contributed by atoms with Gasteiger partial charge in [-0.2, -0.15) is 0 Å². The average Bonchev–Trinajstić information content (AvgIpc) is 3.13. The summed E-state index contributed by atoms with van der Waals surface area (Å²) in [4.78, 5) is 0. The van der Waals surface area contributed by atoms with Gasteiger partial charge in [-0.05, 0) is 98.4 Å². The van der Waals surface area contributed by atoms with Crippen LogP contribution in [0, 0.1) is 0 Å². The molecule has 0 N–H and O–H groups in total. The fraction of sp³-hybridized carbons (Fsp3) is 0. The molecule has 0 aromatic heterocycles. The first kappa shape index (κ1) is 26.4. The van der Waals surface area contributed by atoms with E-state index in [1.165, 1.54) is 87.2 Å². The fourth-order valence-corrected chi connectivity index (χ4v) is 7.68. The molecule has 0 bridgehead atoms. The SMILES string of the molecule is C=Cc1ccc(-c2ccccc2-c2ccc3c4ccc(-c5ccc(C=C)c6ccccc56)c5cccc(c6cccc2c63)c54)cc1. The van der Waals surface area contributed by atoms with E-state index in [2.05, 4.69) is 159 Å². The Kier molecular flexibility index (Phi) is 5.91. The summed E-state index contributed by atoms with van der Waals surface area (Å²) in [6.07, 6.45) is 3.84. The third kappa shape index (κ3) is 3.81. The van der Waals surface area contributed by atoms with E-state index in [0.29, 0.717) is 0 Å². The summed E-state index contributed by atoms with van der Waals surface area (Å²) >= 11 is 0. The van der Waals surface area contributed by atoms with Gasteiger partial charge in [-0.1, -0.05) is 171 Å². The highest BCUT2D eigenvalue weighted by atomic mass is 14.2. The Morgan fingerprint density at radius 2 is 0.783 bits per heavy atom. The van der Waals surface area contributed by atoms with E-state index in [0.717, 1.165) is 11.1 Å². The molecule has 46 heavy (non-hydrogen) atoms. The second kappa shape index (κ2) is 10.3. The number of benzene rings is 9. The van der Waals surface area contributed by atoms with Gasteiger partial charge in [-0.3, -0.25) is 0 Å². The molecule has 0 nitrogen and oxygen atoms in total. The van der Waals surface area contributed by atoms with Crippen LogP contribution >= 0.6 is 0 Å². The molecule has 214 valence electrons. The molecule has 0 saturated heterocycles. The van der Waals surface area contributed by atoms with Crippen LogP contribution in [0.15, 0.2) is 159 Å². The maximum absolute atomic E-state index is 4.06. The van der Waals surface area contributed by atoms with Crippen molar-refractivity contribution in [2.45, 2.75) is 0 Å². The summed E-state index contributed by atoms with van der Waals surface area (Å²) in [7, 11) is 0. The molecule has 0 saturated carbocycles. The zero-order valence-corrected chi connectivity index (χ0v) is 25.4. The van der Waals surface area contributed by atoms with Crippen LogP contribution in [0.5, 0.6) is 0 Å². The lowest BCUT2D eigenvalue weighted by Gasteiger charge is -2.19. The summed E-state index contributed by atoms with van der Waals surface area (Å²) in [6.45, 7) is 7.99. The van der Waals surface area contributed by atoms with Crippen molar-refractivity contribution in [3.63, 3.8) is 0 Å². The van der Waals surface area contributed by atoms with Crippen molar-refractivity contribution in [1.29, 1.82) is 0 Å². The molecular formula is C46H30. The lowest BCUT2D eigenvalue weighted by atomic mass is 9.84. The highest BCUT2D eigenvalue weighted by Crippen LogP contribution is 2.47. The van der Waals surface area contributed by atoms with Crippen LogP contribution in [0.4, 0.5) is 0 Å². The molecule has 0 aliphatic heterocycles. The first-order valence-corrected chi connectivity index (χ1v) is 15.8. The lowest BCUT2D eigenvalue weighted by molar-refractivity contribution is 1.59. The molecule has 0 unspecified atom stereocenters. The minimum atomic E-state index is 1.13. The predicted octanol–water partition coefficient (Wildman–Crippen LogP) is 13.2. The van der Waals surface area contributed by atoms with Gasteiger partial charge in [-0.15, -0.1) is 0 Å². The average molecular weight is 583 g/mol. The van der Waals surface area contributed by atoms with Crippen molar-refractivity contribution < 1.29 is 0 Å². The van der Waals surface area contributed by atoms with Crippen LogP contribution in [-0.4, -0.2) is 0 Å². The summed E-state index contributed by atoms with van der Waals surface area (Å²) < 4.78 is 0. The zero-order chi connectivity index (χ0) is 30.8. The summed E-state index contributed by atoms with van der Waals surface area (Å²) in [6, 6.07) is 53.5. The van der Waals surface area contributed by atoms with E-state index in [1.807, 2.05) is 12.2 Å². The third-order valence-electron chi connectivity index (χ3n) is 9.80. The van der Waals surface area contributed by atoms with Crippen molar-refractivity contribution in [2.75, 3.05) is 0 Å². The summed E-state index contributed by atoms with van der Waals surface area (Å²) in [5.41, 5.74) is 9.74. The maximum atomic E-state index is 4.06. The van der Waals surface area contributed by atoms with Gasteiger partial charge in [0, 0.05) is 0 Å². The first-order chi connectivity index (χ1) is 22.7. The van der Waals surface area contributed by atoms with Gasteiger partial charge in [0.25, 0.3) is 0 Å². The smallest absolute Gasteiger partial charge is 0.00201 e. The second-order valence-corrected chi connectivity index (χ2v) is 12.1. The van der Waals surface area contributed by atoms with Gasteiger partial charge in [-0.25, -0.2) is 0 Å². The normalized spacial score (nSPS) is 11.7. The van der Waals surface area contributed by atoms with Gasteiger partial charge < -0.3 is 0 Å². The molecule has 0 heterocycles. The van der Waals surface area contributed by atoms with Gasteiger partial charge in [0.1, 0.15) is 0 Å². The minimum absolute atomic E-state index is 1.13. The van der Waals surface area contributed by atoms with E-state index >= 15 is 0 Å². The Morgan fingerprint density at radius 3 is 1.41 bits per heavy atom. The van der Waals surface area contributed by atoms with Crippen LogP contribution in [0.1, 0.15) is 11.1 Å². The van der Waals surface area contributed by atoms with Gasteiger partial charge in [0.2, 0.25) is 0 Å². The second-order valence-electron chi connectivity index (χ2n) is 12.1. The van der Waals surface area contributed by atoms with Crippen molar-refractivity contribution in [3.8, 4) is 33.4 Å². The molecule has 0 spiro atoms. The van der Waals surface area contributed by atoms with Crippen LogP contribution in [0.3, 0.4) is 0 Å². The van der Waals surface area contributed by atoms with E-state index in [4.69, 9.17) is 0 Å². The molecule has 9 rings (SSSR count). The molecule has 0 atom stereocenters. The third-order valence-corrected chi connectivity index (χ3v) is 9.80. The summed E-state index contributed by atoms with van der Waals surface area (Å²) in [5, 5.41) is 12.9. The molecule has 0 aliphatic carbocycles. The summed E-state index contributed by atoms with van der Waals surface area (Å²) in [5.74, 6) is 0. The first-order valence-electron chi connectivity index (χ1n) is 15.8. The topological polar surface area (TPSA) is 0 Å². The highest BCUT2D eigenvalue weighted by Gasteiger charge is 2.19. The standard InChI is InChI=1S/C46H30/c1-3-29-19-21-31(22-20-29)33-12-6-8-14-35(33)37-25-27-43-44-28-26-38(36-24-23-30(4-2)32-11-5-7-13-34(32)36)40-16-10-18-42(46(40)44)41-17-9-15-39(37)45(41)43/h3-28H,1-2H2. The minimum Gasteiger partial charge on any atom is -0.0985 e. The molecule has 0 fully saturated rings. The van der Waals surface area contributed by atoms with Crippen molar-refractivity contribution in [3.05, 3.63) is 170 Å². The Bertz CT molecular complexity index is 2630. The Morgan fingerprint density at radius 1 is 0.304 bits per heavy atom. The Labute approximate surface area is 268 Å². The molecule has 0 amide bonds. The monoisotopic (exact) mass is 582 g/mol.